The molecule has 0 aromatic heterocycles. The van der Waals surface area contributed by atoms with Gasteiger partial charge in [0.25, 0.3) is 0 Å². The van der Waals surface area contributed by atoms with Gasteiger partial charge in [-0.3, -0.25) is 14.5 Å². The normalized spacial score (nSPS) is 17.7. The maximum atomic E-state index is 11.6. The Hall–Kier alpha value is -0.810. The first-order valence-electron chi connectivity index (χ1n) is 5.81. The van der Waals surface area contributed by atoms with Crippen molar-refractivity contribution in [2.75, 3.05) is 52.7 Å². The Morgan fingerprint density at radius 1 is 1.18 bits per heavy atom. The highest BCUT2D eigenvalue weighted by Gasteiger charge is 2.20. The Balaban J connectivity index is 2.42. The van der Waals surface area contributed by atoms with Crippen LogP contribution in [0.2, 0.25) is 0 Å². The molecule has 0 spiro atoms. The molecule has 0 aromatic carbocycles. The van der Waals surface area contributed by atoms with Crippen LogP contribution in [0.4, 0.5) is 0 Å². The molecule has 1 saturated heterocycles. The van der Waals surface area contributed by atoms with Gasteiger partial charge in [-0.2, -0.15) is 0 Å². The molecule has 0 aromatic rings. The van der Waals surface area contributed by atoms with Crippen LogP contribution < -0.4 is 0 Å². The summed E-state index contributed by atoms with van der Waals surface area (Å²) < 4.78 is 0. The van der Waals surface area contributed by atoms with Gasteiger partial charge in [0.05, 0.1) is 6.54 Å². The van der Waals surface area contributed by atoms with E-state index in [0.717, 1.165) is 26.1 Å². The predicted molar refractivity (Wildman–Crippen MR) is 67.1 cm³/mol. The van der Waals surface area contributed by atoms with Gasteiger partial charge < -0.3 is 9.80 Å². The average molecular weight is 262 g/mol. The van der Waals surface area contributed by atoms with Crippen molar-refractivity contribution in [1.29, 1.82) is 0 Å². The van der Waals surface area contributed by atoms with E-state index in [2.05, 4.69) is 4.90 Å². The van der Waals surface area contributed by atoms with Crippen molar-refractivity contribution in [2.24, 2.45) is 0 Å². The van der Waals surface area contributed by atoms with Gasteiger partial charge in [0.2, 0.25) is 11.8 Å². The molecular weight excluding hydrogens is 242 g/mol. The molecule has 6 heteroatoms. The van der Waals surface area contributed by atoms with Crippen LogP contribution in [0.15, 0.2) is 0 Å². The standard InChI is InChI=1S/C11H20ClN3O2/c1-13(2)11(17)9-14-4-3-5-15(7-6-14)10(16)8-12/h3-9H2,1-2H3. The van der Waals surface area contributed by atoms with E-state index in [1.165, 1.54) is 0 Å². The van der Waals surface area contributed by atoms with E-state index >= 15 is 0 Å². The number of alkyl halides is 1. The van der Waals surface area contributed by atoms with Crippen molar-refractivity contribution in [1.82, 2.24) is 14.7 Å². The lowest BCUT2D eigenvalue weighted by Crippen LogP contribution is -2.39. The lowest BCUT2D eigenvalue weighted by molar-refractivity contribution is -0.129. The van der Waals surface area contributed by atoms with E-state index in [1.54, 1.807) is 23.9 Å². The first-order valence-corrected chi connectivity index (χ1v) is 6.34. The molecule has 1 rings (SSSR count). The lowest BCUT2D eigenvalue weighted by Gasteiger charge is -2.22. The molecule has 0 unspecified atom stereocenters. The number of carbonyl (C=O) groups is 2. The number of carbonyl (C=O) groups excluding carboxylic acids is 2. The summed E-state index contributed by atoms with van der Waals surface area (Å²) in [7, 11) is 3.51. The summed E-state index contributed by atoms with van der Waals surface area (Å²) >= 11 is 5.54. The van der Waals surface area contributed by atoms with Gasteiger partial charge in [0.15, 0.2) is 0 Å². The van der Waals surface area contributed by atoms with Crippen molar-refractivity contribution in [2.45, 2.75) is 6.42 Å². The highest BCUT2D eigenvalue weighted by atomic mass is 35.5. The molecule has 0 saturated carbocycles. The van der Waals surface area contributed by atoms with E-state index in [9.17, 15) is 9.59 Å². The number of nitrogens with zero attached hydrogens (tertiary/aromatic N) is 3. The minimum atomic E-state index is -0.0209. The molecule has 1 fully saturated rings. The molecule has 2 amide bonds. The van der Waals surface area contributed by atoms with Crippen LogP contribution >= 0.6 is 11.6 Å². The van der Waals surface area contributed by atoms with Crippen LogP contribution in [0.25, 0.3) is 0 Å². The highest BCUT2D eigenvalue weighted by molar-refractivity contribution is 6.27. The summed E-state index contributed by atoms with van der Waals surface area (Å²) in [6, 6.07) is 0. The van der Waals surface area contributed by atoms with Crippen molar-refractivity contribution in [3.05, 3.63) is 0 Å². The van der Waals surface area contributed by atoms with Crippen molar-refractivity contribution in [3.63, 3.8) is 0 Å². The summed E-state index contributed by atoms with van der Waals surface area (Å²) in [4.78, 5) is 28.5. The fourth-order valence-electron chi connectivity index (χ4n) is 1.80. The zero-order valence-electron chi connectivity index (χ0n) is 10.5. The Bertz CT molecular complexity index is 284. The van der Waals surface area contributed by atoms with Gasteiger partial charge in [-0.15, -0.1) is 11.6 Å². The topological polar surface area (TPSA) is 43.9 Å². The second-order valence-electron chi connectivity index (χ2n) is 4.43. The van der Waals surface area contributed by atoms with Crippen molar-refractivity contribution < 1.29 is 9.59 Å². The third kappa shape index (κ3) is 4.52. The molecule has 0 bridgehead atoms. The van der Waals surface area contributed by atoms with E-state index in [1.807, 2.05) is 0 Å². The van der Waals surface area contributed by atoms with Crippen LogP contribution in [-0.4, -0.2) is 79.2 Å². The monoisotopic (exact) mass is 261 g/mol. The minimum Gasteiger partial charge on any atom is -0.348 e. The minimum absolute atomic E-state index is 0.0209. The zero-order chi connectivity index (χ0) is 12.8. The number of hydrogen-bond donors (Lipinski definition) is 0. The van der Waals surface area contributed by atoms with Crippen LogP contribution in [0.1, 0.15) is 6.42 Å². The molecule has 17 heavy (non-hydrogen) atoms. The van der Waals surface area contributed by atoms with Crippen LogP contribution in [0.5, 0.6) is 0 Å². The second kappa shape index (κ2) is 6.81. The van der Waals surface area contributed by atoms with E-state index < -0.39 is 0 Å². The largest absolute Gasteiger partial charge is 0.348 e. The third-order valence-electron chi connectivity index (χ3n) is 2.91. The number of hydrogen-bond acceptors (Lipinski definition) is 3. The van der Waals surface area contributed by atoms with Crippen LogP contribution in [-0.2, 0) is 9.59 Å². The average Bonchev–Trinajstić information content (AvgIpc) is 2.53. The fourth-order valence-corrected chi connectivity index (χ4v) is 1.96. The van der Waals surface area contributed by atoms with Crippen LogP contribution in [0.3, 0.4) is 0 Å². The molecule has 1 heterocycles. The molecule has 1 aliphatic rings. The number of amides is 2. The summed E-state index contributed by atoms with van der Waals surface area (Å²) in [6.45, 7) is 3.41. The van der Waals surface area contributed by atoms with Crippen LogP contribution in [0, 0.1) is 0 Å². The van der Waals surface area contributed by atoms with Gasteiger partial charge in [0, 0.05) is 40.3 Å². The molecule has 0 N–H and O–H groups in total. The van der Waals surface area contributed by atoms with Gasteiger partial charge in [0.1, 0.15) is 5.88 Å². The first kappa shape index (κ1) is 14.3. The third-order valence-corrected chi connectivity index (χ3v) is 3.14. The van der Waals surface area contributed by atoms with Crippen molar-refractivity contribution >= 4 is 23.4 Å². The number of likely N-dealkylation sites (N-methyl/N-ethyl adjacent to an activating group) is 1. The van der Waals surface area contributed by atoms with E-state index in [-0.39, 0.29) is 17.7 Å². The Labute approximate surface area is 107 Å². The molecule has 0 atom stereocenters. The molecule has 98 valence electrons. The van der Waals surface area contributed by atoms with Gasteiger partial charge in [-0.1, -0.05) is 0 Å². The molecule has 0 radical (unpaired) electrons. The SMILES string of the molecule is CN(C)C(=O)CN1CCCN(C(=O)CCl)CC1. The van der Waals surface area contributed by atoms with Gasteiger partial charge in [-0.05, 0) is 6.42 Å². The summed E-state index contributed by atoms with van der Waals surface area (Å²) in [5.41, 5.74) is 0. The lowest BCUT2D eigenvalue weighted by atomic mass is 10.3. The highest BCUT2D eigenvalue weighted by Crippen LogP contribution is 2.04. The Kier molecular flexibility index (Phi) is 5.71. The summed E-state index contributed by atoms with van der Waals surface area (Å²) in [5.74, 6) is 0.117. The smallest absolute Gasteiger partial charge is 0.237 e. The molecule has 0 aliphatic carbocycles. The summed E-state index contributed by atoms with van der Waals surface area (Å²) in [5, 5.41) is 0. The number of rotatable bonds is 3. The number of halogens is 1. The molecular formula is C11H20ClN3O2. The Morgan fingerprint density at radius 3 is 2.47 bits per heavy atom. The van der Waals surface area contributed by atoms with E-state index in [4.69, 9.17) is 11.6 Å². The van der Waals surface area contributed by atoms with E-state index in [0.29, 0.717) is 13.1 Å². The van der Waals surface area contributed by atoms with Gasteiger partial charge >= 0.3 is 0 Å². The Morgan fingerprint density at radius 2 is 1.88 bits per heavy atom. The first-order chi connectivity index (χ1) is 8.04. The second-order valence-corrected chi connectivity index (χ2v) is 4.70. The maximum absolute atomic E-state index is 11.6. The van der Waals surface area contributed by atoms with Gasteiger partial charge in [-0.25, -0.2) is 0 Å². The maximum Gasteiger partial charge on any atom is 0.237 e. The zero-order valence-corrected chi connectivity index (χ0v) is 11.2. The van der Waals surface area contributed by atoms with Crippen molar-refractivity contribution in [3.8, 4) is 0 Å². The molecule has 5 nitrogen and oxygen atoms in total. The summed E-state index contributed by atoms with van der Waals surface area (Å²) in [6.07, 6.45) is 0.892. The molecule has 1 aliphatic heterocycles. The quantitative estimate of drug-likeness (QED) is 0.664. The predicted octanol–water partition coefficient (Wildman–Crippen LogP) is -0.152. The fraction of sp³-hybridized carbons (Fsp3) is 0.818.